The van der Waals surface area contributed by atoms with Gasteiger partial charge in [-0.05, 0) is 62.2 Å². The first-order valence-electron chi connectivity index (χ1n) is 9.94. The summed E-state index contributed by atoms with van der Waals surface area (Å²) in [6.07, 6.45) is 1.31. The Hall–Kier alpha value is -2.48. The number of halogens is 2. The van der Waals surface area contributed by atoms with Crippen LogP contribution in [0.1, 0.15) is 30.0 Å². The van der Waals surface area contributed by atoms with Crippen molar-refractivity contribution < 1.29 is 9.53 Å². The molecule has 0 aliphatic carbocycles. The number of thioether (sulfide) groups is 1. The summed E-state index contributed by atoms with van der Waals surface area (Å²) in [6, 6.07) is 10.9. The molecule has 0 aliphatic heterocycles. The molecule has 0 aliphatic rings. The lowest BCUT2D eigenvalue weighted by Gasteiger charge is -2.16. The molecule has 0 spiro atoms. The number of hydrogen-bond donors (Lipinski definition) is 1. The Labute approximate surface area is 202 Å². The van der Waals surface area contributed by atoms with Crippen LogP contribution in [0.2, 0.25) is 10.0 Å². The molecule has 3 rings (SSSR count). The molecule has 3 aromatic rings. The summed E-state index contributed by atoms with van der Waals surface area (Å²) in [4.78, 5) is 12.4. The molecule has 32 heavy (non-hydrogen) atoms. The zero-order valence-corrected chi connectivity index (χ0v) is 20.4. The van der Waals surface area contributed by atoms with Gasteiger partial charge in [0.2, 0.25) is 5.91 Å². The van der Waals surface area contributed by atoms with Gasteiger partial charge >= 0.3 is 0 Å². The van der Waals surface area contributed by atoms with Crippen LogP contribution in [0.5, 0.6) is 5.75 Å². The smallest absolute Gasteiger partial charge is 0.234 e. The van der Waals surface area contributed by atoms with E-state index in [1.807, 2.05) is 43.5 Å². The van der Waals surface area contributed by atoms with Crippen LogP contribution in [0.3, 0.4) is 0 Å². The van der Waals surface area contributed by atoms with Gasteiger partial charge in [-0.15, -0.1) is 16.8 Å². The van der Waals surface area contributed by atoms with Crippen LogP contribution in [-0.2, 0) is 11.3 Å². The van der Waals surface area contributed by atoms with Crippen LogP contribution >= 0.6 is 35.0 Å². The Morgan fingerprint density at radius 2 is 2.00 bits per heavy atom. The molecule has 6 nitrogen and oxygen atoms in total. The van der Waals surface area contributed by atoms with Crippen molar-refractivity contribution in [3.05, 3.63) is 76.0 Å². The van der Waals surface area contributed by atoms with E-state index in [9.17, 15) is 4.79 Å². The number of nitrogens with zero attached hydrogens (tertiary/aromatic N) is 3. The van der Waals surface area contributed by atoms with E-state index in [1.54, 1.807) is 24.3 Å². The molecule has 0 bridgehead atoms. The van der Waals surface area contributed by atoms with Gasteiger partial charge in [-0.3, -0.25) is 9.36 Å². The van der Waals surface area contributed by atoms with E-state index in [0.29, 0.717) is 33.3 Å². The van der Waals surface area contributed by atoms with Gasteiger partial charge in [0.05, 0.1) is 10.8 Å². The lowest BCUT2D eigenvalue weighted by Crippen LogP contribution is -2.15. The Bertz CT molecular complexity index is 1130. The Kier molecular flexibility index (Phi) is 8.23. The standard InChI is InChI=1S/C23H24Cl2N4O2S/c1-5-10-29-22(16(4)31-20-9-7-17(24)12-19(20)25)27-28-23(29)32-13-21(30)26-18-8-6-14(2)15(3)11-18/h5-9,11-12,16H,1,10,13H2,2-4H3,(H,26,30). The van der Waals surface area contributed by atoms with E-state index in [-0.39, 0.29) is 11.7 Å². The molecule has 0 saturated heterocycles. The number of benzene rings is 2. The van der Waals surface area contributed by atoms with Crippen molar-refractivity contribution in [1.29, 1.82) is 0 Å². The van der Waals surface area contributed by atoms with Crippen molar-refractivity contribution in [2.24, 2.45) is 0 Å². The predicted octanol–water partition coefficient (Wildman–Crippen LogP) is 6.26. The number of carbonyl (C=O) groups is 1. The normalized spacial score (nSPS) is 11.8. The Balaban J connectivity index is 1.68. The maximum atomic E-state index is 12.4. The Morgan fingerprint density at radius 3 is 2.69 bits per heavy atom. The Morgan fingerprint density at radius 1 is 1.22 bits per heavy atom. The van der Waals surface area contributed by atoms with Gasteiger partial charge in [-0.1, -0.05) is 47.1 Å². The molecule has 1 unspecified atom stereocenters. The van der Waals surface area contributed by atoms with Gasteiger partial charge in [0.25, 0.3) is 0 Å². The molecule has 0 radical (unpaired) electrons. The number of amides is 1. The largest absolute Gasteiger partial charge is 0.481 e. The van der Waals surface area contributed by atoms with E-state index < -0.39 is 6.10 Å². The van der Waals surface area contributed by atoms with E-state index in [0.717, 1.165) is 11.3 Å². The second kappa shape index (κ2) is 10.9. The molecular weight excluding hydrogens is 467 g/mol. The topological polar surface area (TPSA) is 69.0 Å². The van der Waals surface area contributed by atoms with Crippen molar-refractivity contribution in [1.82, 2.24) is 14.8 Å². The molecule has 2 aromatic carbocycles. The number of hydrogen-bond acceptors (Lipinski definition) is 5. The molecule has 0 fully saturated rings. The molecule has 1 amide bonds. The molecule has 1 heterocycles. The van der Waals surface area contributed by atoms with E-state index in [4.69, 9.17) is 27.9 Å². The predicted molar refractivity (Wildman–Crippen MR) is 131 cm³/mol. The molecule has 0 saturated carbocycles. The minimum absolute atomic E-state index is 0.120. The van der Waals surface area contributed by atoms with Crippen molar-refractivity contribution in [2.45, 2.75) is 38.6 Å². The third-order valence-corrected chi connectivity index (χ3v) is 6.24. The first-order chi connectivity index (χ1) is 15.3. The molecule has 1 aromatic heterocycles. The van der Waals surface area contributed by atoms with E-state index in [2.05, 4.69) is 22.1 Å². The number of aromatic nitrogens is 3. The second-order valence-electron chi connectivity index (χ2n) is 7.21. The van der Waals surface area contributed by atoms with Gasteiger partial charge in [0.1, 0.15) is 5.75 Å². The van der Waals surface area contributed by atoms with Crippen LogP contribution in [0.25, 0.3) is 0 Å². The number of anilines is 1. The van der Waals surface area contributed by atoms with Crippen molar-refractivity contribution in [3.63, 3.8) is 0 Å². The van der Waals surface area contributed by atoms with Gasteiger partial charge in [0.15, 0.2) is 17.1 Å². The summed E-state index contributed by atoms with van der Waals surface area (Å²) in [6.45, 7) is 10.2. The zero-order valence-electron chi connectivity index (χ0n) is 18.1. The monoisotopic (exact) mass is 490 g/mol. The van der Waals surface area contributed by atoms with Crippen molar-refractivity contribution in [3.8, 4) is 5.75 Å². The van der Waals surface area contributed by atoms with Gasteiger partial charge in [-0.25, -0.2) is 0 Å². The average molecular weight is 491 g/mol. The fourth-order valence-electron chi connectivity index (χ4n) is 2.97. The maximum absolute atomic E-state index is 12.4. The third-order valence-electron chi connectivity index (χ3n) is 4.74. The van der Waals surface area contributed by atoms with Gasteiger partial charge in [-0.2, -0.15) is 0 Å². The quantitative estimate of drug-likeness (QED) is 0.283. The molecule has 9 heteroatoms. The number of allylic oxidation sites excluding steroid dienone is 1. The summed E-state index contributed by atoms with van der Waals surface area (Å²) in [5, 5.41) is 13.0. The fraction of sp³-hybridized carbons (Fsp3) is 0.261. The van der Waals surface area contributed by atoms with E-state index >= 15 is 0 Å². The fourth-order valence-corrected chi connectivity index (χ4v) is 4.18. The minimum Gasteiger partial charge on any atom is -0.481 e. The highest BCUT2D eigenvalue weighted by Crippen LogP contribution is 2.31. The number of ether oxygens (including phenoxy) is 1. The van der Waals surface area contributed by atoms with Crippen LogP contribution in [0.4, 0.5) is 5.69 Å². The highest BCUT2D eigenvalue weighted by atomic mass is 35.5. The van der Waals surface area contributed by atoms with Crippen LogP contribution in [-0.4, -0.2) is 26.4 Å². The number of nitrogens with one attached hydrogen (secondary N) is 1. The summed E-state index contributed by atoms with van der Waals surface area (Å²) in [5.74, 6) is 1.18. The first-order valence-corrected chi connectivity index (χ1v) is 11.7. The van der Waals surface area contributed by atoms with Crippen molar-refractivity contribution in [2.75, 3.05) is 11.1 Å². The summed E-state index contributed by atoms with van der Waals surface area (Å²) in [7, 11) is 0. The SMILES string of the molecule is C=CCn1c(SCC(=O)Nc2ccc(C)c(C)c2)nnc1C(C)Oc1ccc(Cl)cc1Cl. The van der Waals surface area contributed by atoms with Crippen LogP contribution < -0.4 is 10.1 Å². The van der Waals surface area contributed by atoms with Crippen LogP contribution in [0.15, 0.2) is 54.2 Å². The molecule has 168 valence electrons. The van der Waals surface area contributed by atoms with Crippen molar-refractivity contribution >= 4 is 46.6 Å². The highest BCUT2D eigenvalue weighted by Gasteiger charge is 2.20. The van der Waals surface area contributed by atoms with Gasteiger partial charge in [0, 0.05) is 17.3 Å². The molecular formula is C23H24Cl2N4O2S. The zero-order chi connectivity index (χ0) is 23.3. The molecule has 1 N–H and O–H groups in total. The highest BCUT2D eigenvalue weighted by molar-refractivity contribution is 7.99. The maximum Gasteiger partial charge on any atom is 0.234 e. The lowest BCUT2D eigenvalue weighted by atomic mass is 10.1. The summed E-state index contributed by atoms with van der Waals surface area (Å²) < 4.78 is 7.85. The summed E-state index contributed by atoms with van der Waals surface area (Å²) in [5.41, 5.74) is 3.08. The third kappa shape index (κ3) is 6.06. The summed E-state index contributed by atoms with van der Waals surface area (Å²) >= 11 is 13.5. The first kappa shape index (κ1) is 24.2. The van der Waals surface area contributed by atoms with E-state index in [1.165, 1.54) is 17.3 Å². The second-order valence-corrected chi connectivity index (χ2v) is 9.00. The van der Waals surface area contributed by atoms with Crippen LogP contribution in [0, 0.1) is 13.8 Å². The minimum atomic E-state index is -0.431. The number of rotatable bonds is 9. The average Bonchev–Trinajstić information content (AvgIpc) is 3.14. The lowest BCUT2D eigenvalue weighted by molar-refractivity contribution is -0.113. The molecule has 1 atom stereocenters. The number of aryl methyl sites for hydroxylation is 2. The number of carbonyl (C=O) groups excluding carboxylic acids is 1. The van der Waals surface area contributed by atoms with Gasteiger partial charge < -0.3 is 10.1 Å².